The largest absolute Gasteiger partial charge is 0.326 e. The Bertz CT molecular complexity index is 855. The van der Waals surface area contributed by atoms with Crippen molar-refractivity contribution in [3.05, 3.63) is 58.9 Å². The number of carbonyl (C=O) groups excluding carboxylic acids is 2. The molecule has 1 aliphatic rings. The van der Waals surface area contributed by atoms with Crippen molar-refractivity contribution < 1.29 is 14.0 Å². The van der Waals surface area contributed by atoms with Gasteiger partial charge in [-0.25, -0.2) is 4.39 Å². The van der Waals surface area contributed by atoms with Crippen LogP contribution in [0.4, 0.5) is 15.8 Å². The van der Waals surface area contributed by atoms with Crippen molar-refractivity contribution in [1.29, 1.82) is 0 Å². The molecule has 0 spiro atoms. The van der Waals surface area contributed by atoms with Gasteiger partial charge >= 0.3 is 0 Å². The molecule has 0 aliphatic heterocycles. The van der Waals surface area contributed by atoms with Crippen molar-refractivity contribution in [2.75, 3.05) is 16.8 Å². The summed E-state index contributed by atoms with van der Waals surface area (Å²) < 4.78 is 13.2. The normalized spacial score (nSPS) is 18.3. The van der Waals surface area contributed by atoms with E-state index in [-0.39, 0.29) is 28.7 Å². The lowest BCUT2D eigenvalue weighted by Gasteiger charge is -2.21. The van der Waals surface area contributed by atoms with E-state index in [1.54, 1.807) is 4.90 Å². The first-order valence-electron chi connectivity index (χ1n) is 8.54. The second-order valence-corrected chi connectivity index (χ2v) is 6.90. The Labute approximate surface area is 157 Å². The molecule has 0 radical (unpaired) electrons. The zero-order valence-electron chi connectivity index (χ0n) is 14.6. The molecular weight excluding hydrogens is 355 g/mol. The topological polar surface area (TPSA) is 49.4 Å². The molecule has 0 bridgehead atoms. The van der Waals surface area contributed by atoms with Gasteiger partial charge in [-0.1, -0.05) is 23.7 Å². The number of nitrogens with one attached hydrogen (secondary N) is 1. The van der Waals surface area contributed by atoms with Gasteiger partial charge in [0.05, 0.1) is 16.9 Å². The average Bonchev–Trinajstić information content (AvgIpc) is 3.40. The van der Waals surface area contributed by atoms with Gasteiger partial charge < -0.3 is 10.2 Å². The number of hydrogen-bond acceptors (Lipinski definition) is 2. The summed E-state index contributed by atoms with van der Waals surface area (Å²) in [7, 11) is 0. The van der Waals surface area contributed by atoms with Gasteiger partial charge in [-0.15, -0.1) is 0 Å². The summed E-state index contributed by atoms with van der Waals surface area (Å²) in [5, 5.41) is 2.65. The van der Waals surface area contributed by atoms with E-state index in [2.05, 4.69) is 5.32 Å². The number of carbonyl (C=O) groups is 2. The first-order valence-corrected chi connectivity index (χ1v) is 8.92. The number of rotatable bonds is 5. The van der Waals surface area contributed by atoms with Crippen LogP contribution in [0, 0.1) is 24.6 Å². The van der Waals surface area contributed by atoms with Crippen LogP contribution in [0.2, 0.25) is 5.02 Å². The highest BCUT2D eigenvalue weighted by molar-refractivity contribution is 6.31. The molecule has 0 heterocycles. The van der Waals surface area contributed by atoms with Crippen LogP contribution in [0.25, 0.3) is 0 Å². The fourth-order valence-corrected chi connectivity index (χ4v) is 3.21. The molecule has 136 valence electrons. The minimum Gasteiger partial charge on any atom is -0.326 e. The first kappa shape index (κ1) is 18.4. The fraction of sp³-hybridized carbons (Fsp3) is 0.300. The Morgan fingerprint density at radius 1 is 1.23 bits per heavy atom. The van der Waals surface area contributed by atoms with Gasteiger partial charge in [0.1, 0.15) is 5.82 Å². The number of amides is 2. The van der Waals surface area contributed by atoms with E-state index in [0.29, 0.717) is 18.7 Å². The smallest absolute Gasteiger partial charge is 0.230 e. The minimum atomic E-state index is -0.541. The van der Waals surface area contributed by atoms with E-state index in [1.165, 1.54) is 18.2 Å². The molecule has 2 aromatic carbocycles. The molecule has 6 heteroatoms. The molecule has 26 heavy (non-hydrogen) atoms. The Morgan fingerprint density at radius 3 is 2.65 bits per heavy atom. The summed E-state index contributed by atoms with van der Waals surface area (Å²) in [6, 6.07) is 11.7. The molecule has 1 aliphatic carbocycles. The predicted molar refractivity (Wildman–Crippen MR) is 101 cm³/mol. The van der Waals surface area contributed by atoms with Gasteiger partial charge in [-0.3, -0.25) is 9.59 Å². The van der Waals surface area contributed by atoms with Crippen molar-refractivity contribution in [1.82, 2.24) is 0 Å². The highest BCUT2D eigenvalue weighted by atomic mass is 35.5. The molecule has 2 atom stereocenters. The van der Waals surface area contributed by atoms with Crippen molar-refractivity contribution in [3.63, 3.8) is 0 Å². The monoisotopic (exact) mass is 374 g/mol. The number of aryl methyl sites for hydroxylation is 1. The van der Waals surface area contributed by atoms with Crippen LogP contribution in [-0.2, 0) is 9.59 Å². The van der Waals surface area contributed by atoms with Crippen LogP contribution in [0.3, 0.4) is 0 Å². The van der Waals surface area contributed by atoms with Gasteiger partial charge in [-0.2, -0.15) is 0 Å². The third kappa shape index (κ3) is 3.88. The standard InChI is InChI=1S/C20H20ClFN2O2/c1-3-24(14-6-4-5-12(2)9-14)20(26)16-11-15(16)19(25)23-13-7-8-18(22)17(21)10-13/h4-10,15-16H,3,11H2,1-2H3,(H,23,25). The van der Waals surface area contributed by atoms with E-state index in [4.69, 9.17) is 11.6 Å². The highest BCUT2D eigenvalue weighted by Crippen LogP contribution is 2.41. The van der Waals surface area contributed by atoms with Crippen LogP contribution in [0.5, 0.6) is 0 Å². The second-order valence-electron chi connectivity index (χ2n) is 6.49. The lowest BCUT2D eigenvalue weighted by atomic mass is 10.2. The van der Waals surface area contributed by atoms with Crippen LogP contribution in [0.1, 0.15) is 18.9 Å². The highest BCUT2D eigenvalue weighted by Gasteiger charge is 2.49. The number of nitrogens with zero attached hydrogens (tertiary/aromatic N) is 1. The SMILES string of the molecule is CCN(C(=O)C1CC1C(=O)Nc1ccc(F)c(Cl)c1)c1cccc(C)c1. The quantitative estimate of drug-likeness (QED) is 0.842. The van der Waals surface area contributed by atoms with Crippen LogP contribution in [-0.4, -0.2) is 18.4 Å². The van der Waals surface area contributed by atoms with Gasteiger partial charge in [0.2, 0.25) is 11.8 Å². The molecular formula is C20H20ClFN2O2. The Hall–Kier alpha value is -2.40. The van der Waals surface area contributed by atoms with Crippen molar-refractivity contribution in [2.24, 2.45) is 11.8 Å². The van der Waals surface area contributed by atoms with Crippen LogP contribution in [0.15, 0.2) is 42.5 Å². The Balaban J connectivity index is 1.65. The van der Waals surface area contributed by atoms with E-state index < -0.39 is 5.82 Å². The maximum absolute atomic E-state index is 13.2. The molecule has 0 saturated heterocycles. The van der Waals surface area contributed by atoms with E-state index in [9.17, 15) is 14.0 Å². The molecule has 2 amide bonds. The number of halogens is 2. The number of hydrogen-bond donors (Lipinski definition) is 1. The average molecular weight is 375 g/mol. The molecule has 1 N–H and O–H groups in total. The summed E-state index contributed by atoms with van der Waals surface area (Å²) in [5.74, 6) is -1.53. The zero-order valence-corrected chi connectivity index (χ0v) is 15.4. The predicted octanol–water partition coefficient (Wildman–Crippen LogP) is 4.42. The Kier molecular flexibility index (Phi) is 5.28. The minimum absolute atomic E-state index is 0.0459. The van der Waals surface area contributed by atoms with Gasteiger partial charge in [0.25, 0.3) is 0 Å². The van der Waals surface area contributed by atoms with Gasteiger partial charge in [-0.05, 0) is 56.2 Å². The zero-order chi connectivity index (χ0) is 18.8. The Morgan fingerprint density at radius 2 is 2.00 bits per heavy atom. The summed E-state index contributed by atoms with van der Waals surface area (Å²) >= 11 is 5.73. The molecule has 2 unspecified atom stereocenters. The third-order valence-electron chi connectivity index (χ3n) is 4.53. The van der Waals surface area contributed by atoms with Crippen LogP contribution >= 0.6 is 11.6 Å². The number of anilines is 2. The van der Waals surface area contributed by atoms with E-state index in [1.807, 2.05) is 38.1 Å². The number of benzene rings is 2. The molecule has 0 aromatic heterocycles. The van der Waals surface area contributed by atoms with Gasteiger partial charge in [0, 0.05) is 17.9 Å². The molecule has 2 aromatic rings. The molecule has 1 fully saturated rings. The van der Waals surface area contributed by atoms with Gasteiger partial charge in [0.15, 0.2) is 0 Å². The van der Waals surface area contributed by atoms with E-state index >= 15 is 0 Å². The lowest BCUT2D eigenvalue weighted by Crippen LogP contribution is -2.33. The summed E-state index contributed by atoms with van der Waals surface area (Å²) in [6.07, 6.45) is 0.516. The second kappa shape index (κ2) is 7.46. The van der Waals surface area contributed by atoms with E-state index in [0.717, 1.165) is 11.3 Å². The van der Waals surface area contributed by atoms with Crippen molar-refractivity contribution >= 4 is 34.8 Å². The summed E-state index contributed by atoms with van der Waals surface area (Å²) in [5.41, 5.74) is 2.34. The lowest BCUT2D eigenvalue weighted by molar-refractivity contribution is -0.123. The summed E-state index contributed by atoms with van der Waals surface area (Å²) in [6.45, 7) is 4.43. The van der Waals surface area contributed by atoms with Crippen molar-refractivity contribution in [3.8, 4) is 0 Å². The molecule has 1 saturated carbocycles. The first-order chi connectivity index (χ1) is 12.4. The van der Waals surface area contributed by atoms with Crippen molar-refractivity contribution in [2.45, 2.75) is 20.3 Å². The summed E-state index contributed by atoms with van der Waals surface area (Å²) in [4.78, 5) is 26.9. The fourth-order valence-electron chi connectivity index (χ4n) is 3.03. The molecule has 3 rings (SSSR count). The van der Waals surface area contributed by atoms with Crippen LogP contribution < -0.4 is 10.2 Å². The maximum atomic E-state index is 13.2. The third-order valence-corrected chi connectivity index (χ3v) is 4.82. The molecule has 4 nitrogen and oxygen atoms in total. The maximum Gasteiger partial charge on any atom is 0.230 e.